The van der Waals surface area contributed by atoms with Gasteiger partial charge in [0.1, 0.15) is 6.61 Å². The van der Waals surface area contributed by atoms with Crippen LogP contribution in [0.25, 0.3) is 0 Å². The molecule has 0 aromatic heterocycles. The number of amides is 1. The van der Waals surface area contributed by atoms with E-state index in [4.69, 9.17) is 8.92 Å². The molecule has 1 amide bonds. The molecule has 0 rings (SSSR count). The Hall–Kier alpha value is -1.72. The maximum atomic E-state index is 11.9. The summed E-state index contributed by atoms with van der Waals surface area (Å²) in [7, 11) is -4.00. The molecule has 0 saturated carbocycles. The summed E-state index contributed by atoms with van der Waals surface area (Å²) in [5.41, 5.74) is -4.12. The van der Waals surface area contributed by atoms with E-state index in [9.17, 15) is 33.0 Å². The zero-order valence-electron chi connectivity index (χ0n) is 15.4. The van der Waals surface area contributed by atoms with E-state index in [2.05, 4.69) is 5.32 Å². The zero-order valence-corrected chi connectivity index (χ0v) is 16.2. The second kappa shape index (κ2) is 9.83. The molecule has 0 aliphatic carbocycles. The molecule has 26 heavy (non-hydrogen) atoms. The maximum absolute atomic E-state index is 11.9. The highest BCUT2D eigenvalue weighted by Gasteiger charge is 2.52. The van der Waals surface area contributed by atoms with Gasteiger partial charge in [0.2, 0.25) is 11.5 Å². The van der Waals surface area contributed by atoms with Crippen molar-refractivity contribution in [2.75, 3.05) is 25.5 Å². The molecule has 1 atom stereocenters. The Kier molecular flexibility index (Phi) is 9.18. The number of esters is 1. The van der Waals surface area contributed by atoms with Crippen LogP contribution in [0.4, 0.5) is 0 Å². The van der Waals surface area contributed by atoms with Gasteiger partial charge in [-0.15, -0.1) is 0 Å². The molecule has 0 radical (unpaired) electrons. The minimum atomic E-state index is -4.00. The normalized spacial score (nSPS) is 14.3. The van der Waals surface area contributed by atoms with Crippen molar-refractivity contribution in [3.63, 3.8) is 0 Å². The summed E-state index contributed by atoms with van der Waals surface area (Å²) in [6, 6.07) is 0. The summed E-state index contributed by atoms with van der Waals surface area (Å²) in [6.45, 7) is 4.04. The van der Waals surface area contributed by atoms with Crippen molar-refractivity contribution in [2.24, 2.45) is 5.41 Å². The van der Waals surface area contributed by atoms with Crippen molar-refractivity contribution in [3.05, 3.63) is 0 Å². The number of aliphatic hydroxyl groups is 1. The third kappa shape index (κ3) is 7.67. The minimum Gasteiger partial charge on any atom is -0.479 e. The molecule has 0 aromatic rings. The molecule has 11 heteroatoms. The number of aliphatic carboxylic acids is 1. The number of nitrogens with one attached hydrogen (secondary N) is 1. The molecule has 0 saturated heterocycles. The highest BCUT2D eigenvalue weighted by Crippen LogP contribution is 2.33. The molecule has 0 bridgehead atoms. The third-order valence-corrected chi connectivity index (χ3v) is 5.01. The topological polar surface area (TPSA) is 156 Å². The Balaban J connectivity index is 4.91. The van der Waals surface area contributed by atoms with Gasteiger partial charge in [-0.1, -0.05) is 20.8 Å². The van der Waals surface area contributed by atoms with E-state index in [1.54, 1.807) is 0 Å². The molecule has 0 heterocycles. The molecule has 10 nitrogen and oxygen atoms in total. The molecular formula is C15H27NO9S. The van der Waals surface area contributed by atoms with Crippen LogP contribution in [-0.2, 0) is 33.4 Å². The number of hydrogen-bond donors (Lipinski definition) is 3. The molecular weight excluding hydrogens is 370 g/mol. The van der Waals surface area contributed by atoms with E-state index in [0.29, 0.717) is 0 Å². The standard InChI is InChI=1S/C15H27NO9S/c1-5-12(18)24-10-15(21,13(19)20)14(3,4)9-25-26(22,23)8-6-7-16-11(2)17/h21H,5-10H2,1-4H3,(H,16,17)(H,19,20)/t15-/m1/s1. The van der Waals surface area contributed by atoms with Crippen LogP contribution in [0.1, 0.15) is 40.5 Å². The fourth-order valence-corrected chi connectivity index (χ4v) is 2.85. The van der Waals surface area contributed by atoms with Crippen molar-refractivity contribution in [2.45, 2.75) is 46.1 Å². The lowest BCUT2D eigenvalue weighted by Gasteiger charge is -2.38. The lowest BCUT2D eigenvalue weighted by atomic mass is 9.76. The quantitative estimate of drug-likeness (QED) is 0.227. The van der Waals surface area contributed by atoms with Gasteiger partial charge in [0, 0.05) is 25.3 Å². The van der Waals surface area contributed by atoms with E-state index in [-0.39, 0.29) is 31.0 Å². The number of rotatable bonds is 12. The number of carboxylic acid groups (broad SMARTS) is 1. The van der Waals surface area contributed by atoms with Crippen LogP contribution in [0.5, 0.6) is 0 Å². The zero-order chi connectivity index (χ0) is 20.6. The smallest absolute Gasteiger partial charge is 0.339 e. The Bertz CT molecular complexity index is 615. The summed E-state index contributed by atoms with van der Waals surface area (Å²) in [5, 5.41) is 22.2. The third-order valence-electron chi connectivity index (χ3n) is 3.75. The summed E-state index contributed by atoms with van der Waals surface area (Å²) >= 11 is 0. The molecule has 0 aliphatic rings. The minimum absolute atomic E-state index is 0.00466. The van der Waals surface area contributed by atoms with Gasteiger partial charge in [-0.05, 0) is 6.42 Å². The number of carboxylic acids is 1. The van der Waals surface area contributed by atoms with Gasteiger partial charge in [-0.3, -0.25) is 13.8 Å². The van der Waals surface area contributed by atoms with Gasteiger partial charge in [-0.2, -0.15) is 8.42 Å². The first-order valence-corrected chi connectivity index (χ1v) is 9.58. The van der Waals surface area contributed by atoms with Crippen LogP contribution in [0, 0.1) is 5.41 Å². The predicted octanol–water partition coefficient (Wildman–Crippen LogP) is -0.346. The van der Waals surface area contributed by atoms with Crippen molar-refractivity contribution in [3.8, 4) is 0 Å². The summed E-state index contributed by atoms with van der Waals surface area (Å²) in [6.07, 6.45) is 0.106. The van der Waals surface area contributed by atoms with Gasteiger partial charge < -0.3 is 20.3 Å². The van der Waals surface area contributed by atoms with Gasteiger partial charge >= 0.3 is 11.9 Å². The summed E-state index contributed by atoms with van der Waals surface area (Å²) in [4.78, 5) is 33.4. The molecule has 0 unspecified atom stereocenters. The van der Waals surface area contributed by atoms with Gasteiger partial charge in [-0.25, -0.2) is 4.79 Å². The number of ether oxygens (including phenoxy) is 1. The second-order valence-electron chi connectivity index (χ2n) is 6.42. The average molecular weight is 397 g/mol. The van der Waals surface area contributed by atoms with Crippen molar-refractivity contribution in [1.82, 2.24) is 5.32 Å². The fraction of sp³-hybridized carbons (Fsp3) is 0.800. The van der Waals surface area contributed by atoms with E-state index >= 15 is 0 Å². The van der Waals surface area contributed by atoms with Crippen LogP contribution in [0.15, 0.2) is 0 Å². The summed E-state index contributed by atoms with van der Waals surface area (Å²) in [5.74, 6) is -3.05. The molecule has 0 spiro atoms. The van der Waals surface area contributed by atoms with Gasteiger partial charge in [0.25, 0.3) is 10.1 Å². The van der Waals surface area contributed by atoms with Gasteiger partial charge in [0.15, 0.2) is 0 Å². The lowest BCUT2D eigenvalue weighted by molar-refractivity contribution is -0.189. The monoisotopic (exact) mass is 397 g/mol. The van der Waals surface area contributed by atoms with Crippen LogP contribution >= 0.6 is 0 Å². The van der Waals surface area contributed by atoms with E-state index in [1.807, 2.05) is 0 Å². The lowest BCUT2D eigenvalue weighted by Crippen LogP contribution is -2.57. The van der Waals surface area contributed by atoms with Gasteiger partial charge in [0.05, 0.1) is 12.4 Å². The fourth-order valence-electron chi connectivity index (χ4n) is 1.76. The van der Waals surface area contributed by atoms with Crippen molar-refractivity contribution in [1.29, 1.82) is 0 Å². The van der Waals surface area contributed by atoms with Crippen LogP contribution in [0.2, 0.25) is 0 Å². The molecule has 0 fully saturated rings. The first-order chi connectivity index (χ1) is 11.8. The van der Waals surface area contributed by atoms with Crippen molar-refractivity contribution >= 4 is 28.0 Å². The van der Waals surface area contributed by atoms with Crippen LogP contribution in [0.3, 0.4) is 0 Å². The highest BCUT2D eigenvalue weighted by molar-refractivity contribution is 7.86. The van der Waals surface area contributed by atoms with Crippen molar-refractivity contribution < 1.29 is 41.9 Å². The predicted molar refractivity (Wildman–Crippen MR) is 90.7 cm³/mol. The maximum Gasteiger partial charge on any atom is 0.339 e. The Morgan fingerprint density at radius 3 is 2.19 bits per heavy atom. The Morgan fingerprint density at radius 2 is 1.73 bits per heavy atom. The largest absolute Gasteiger partial charge is 0.479 e. The summed E-state index contributed by atoms with van der Waals surface area (Å²) < 4.78 is 33.3. The first kappa shape index (κ1) is 24.3. The molecule has 152 valence electrons. The van der Waals surface area contributed by atoms with Crippen LogP contribution in [-0.4, -0.2) is 67.6 Å². The molecule has 0 aromatic carbocycles. The number of carbonyl (C=O) groups is 3. The van der Waals surface area contributed by atoms with E-state index < -0.39 is 46.3 Å². The number of carbonyl (C=O) groups excluding carboxylic acids is 2. The Labute approximate surface area is 153 Å². The first-order valence-electron chi connectivity index (χ1n) is 8.00. The molecule has 0 aliphatic heterocycles. The van der Waals surface area contributed by atoms with E-state index in [0.717, 1.165) is 0 Å². The Morgan fingerprint density at radius 1 is 1.15 bits per heavy atom. The second-order valence-corrected chi connectivity index (χ2v) is 8.18. The number of hydrogen-bond acceptors (Lipinski definition) is 8. The average Bonchev–Trinajstić information content (AvgIpc) is 2.54. The van der Waals surface area contributed by atoms with Crippen LogP contribution < -0.4 is 5.32 Å². The SMILES string of the molecule is CCC(=O)OC[C@@](O)(C(=O)O)C(C)(C)COS(=O)(=O)CCCNC(C)=O. The molecule has 3 N–H and O–H groups in total. The highest BCUT2D eigenvalue weighted by atomic mass is 32.2. The van der Waals surface area contributed by atoms with E-state index in [1.165, 1.54) is 27.7 Å².